The zero-order valence-corrected chi connectivity index (χ0v) is 16.8. The normalized spacial score (nSPS) is 18.9. The Bertz CT molecular complexity index is 1310. The maximum Gasteiger partial charge on any atom is 0.142 e. The van der Waals surface area contributed by atoms with Crippen LogP contribution in [-0.4, -0.2) is 6.61 Å². The average Bonchev–Trinajstić information content (AvgIpc) is 3.09. The summed E-state index contributed by atoms with van der Waals surface area (Å²) in [5.74, 6) is 0.589. The zero-order valence-electron chi connectivity index (χ0n) is 16.8. The summed E-state index contributed by atoms with van der Waals surface area (Å²) in [5, 5.41) is 3.79. The van der Waals surface area contributed by atoms with Crippen LogP contribution < -0.4 is 10.1 Å². The van der Waals surface area contributed by atoms with Gasteiger partial charge in [-0.3, -0.25) is 0 Å². The summed E-state index contributed by atoms with van der Waals surface area (Å²) in [4.78, 5) is 0. The molecule has 1 unspecified atom stereocenters. The van der Waals surface area contributed by atoms with Crippen molar-refractivity contribution in [2.45, 2.75) is 5.54 Å². The van der Waals surface area contributed by atoms with Crippen LogP contribution in [0.2, 0.25) is 0 Å². The first-order chi connectivity index (χ1) is 15.3. The van der Waals surface area contributed by atoms with E-state index in [4.69, 9.17) is 4.74 Å². The van der Waals surface area contributed by atoms with Crippen molar-refractivity contribution in [3.8, 4) is 5.75 Å². The topological polar surface area (TPSA) is 21.3 Å². The molecular formula is C28H20FNO. The van der Waals surface area contributed by atoms with Gasteiger partial charge in [-0.05, 0) is 52.1 Å². The van der Waals surface area contributed by atoms with Gasteiger partial charge in [-0.25, -0.2) is 4.39 Å². The molecule has 0 bridgehead atoms. The van der Waals surface area contributed by atoms with Crippen LogP contribution in [0.5, 0.6) is 5.75 Å². The number of benzene rings is 4. The fourth-order valence-corrected chi connectivity index (χ4v) is 4.91. The number of halogens is 1. The Hall–Kier alpha value is -3.85. The lowest BCUT2D eigenvalue weighted by Gasteiger charge is -2.40. The number of para-hydroxylation sites is 2. The Morgan fingerprint density at radius 3 is 2.19 bits per heavy atom. The Morgan fingerprint density at radius 1 is 0.742 bits per heavy atom. The highest BCUT2D eigenvalue weighted by molar-refractivity contribution is 6.08. The molecule has 0 saturated heterocycles. The lowest BCUT2D eigenvalue weighted by molar-refractivity contribution is 0.256. The van der Waals surface area contributed by atoms with Gasteiger partial charge in [-0.2, -0.15) is 0 Å². The highest BCUT2D eigenvalue weighted by Crippen LogP contribution is 2.55. The molecule has 1 atom stereocenters. The molecule has 1 aliphatic heterocycles. The first kappa shape index (κ1) is 18.0. The van der Waals surface area contributed by atoms with Crippen molar-refractivity contribution in [3.63, 3.8) is 0 Å². The van der Waals surface area contributed by atoms with Crippen LogP contribution in [0.15, 0.2) is 103 Å². The molecule has 1 heterocycles. The Kier molecular flexibility index (Phi) is 3.97. The number of hydrogen-bond donors (Lipinski definition) is 1. The van der Waals surface area contributed by atoms with Crippen molar-refractivity contribution in [2.75, 3.05) is 11.9 Å². The van der Waals surface area contributed by atoms with Crippen LogP contribution in [-0.2, 0) is 5.54 Å². The Labute approximate surface area is 180 Å². The third kappa shape index (κ3) is 2.70. The molecule has 4 aromatic rings. The van der Waals surface area contributed by atoms with Crippen LogP contribution in [0.3, 0.4) is 0 Å². The highest BCUT2D eigenvalue weighted by atomic mass is 19.1. The quantitative estimate of drug-likeness (QED) is 0.411. The summed E-state index contributed by atoms with van der Waals surface area (Å²) in [6.45, 7) is 0.420. The van der Waals surface area contributed by atoms with Crippen LogP contribution in [0.25, 0.3) is 11.1 Å². The summed E-state index contributed by atoms with van der Waals surface area (Å²) in [5.41, 5.74) is 6.54. The first-order valence-electron chi connectivity index (χ1n) is 10.4. The summed E-state index contributed by atoms with van der Waals surface area (Å²) < 4.78 is 20.8. The average molecular weight is 405 g/mol. The molecule has 0 amide bonds. The second-order valence-electron chi connectivity index (χ2n) is 7.99. The Morgan fingerprint density at radius 2 is 1.42 bits per heavy atom. The molecule has 0 aromatic heterocycles. The second-order valence-corrected chi connectivity index (χ2v) is 7.99. The van der Waals surface area contributed by atoms with Gasteiger partial charge >= 0.3 is 0 Å². The number of rotatable bonds is 2. The summed E-state index contributed by atoms with van der Waals surface area (Å²) in [6.07, 6.45) is 0. The van der Waals surface area contributed by atoms with Gasteiger partial charge in [0.15, 0.2) is 0 Å². The minimum Gasteiger partial charge on any atom is -0.488 e. The van der Waals surface area contributed by atoms with Gasteiger partial charge in [0, 0.05) is 5.57 Å². The molecule has 31 heavy (non-hydrogen) atoms. The van der Waals surface area contributed by atoms with E-state index >= 15 is 0 Å². The third-order valence-electron chi connectivity index (χ3n) is 6.19. The molecule has 0 radical (unpaired) electrons. The molecule has 150 valence electrons. The molecule has 1 spiro atoms. The van der Waals surface area contributed by atoms with E-state index in [1.54, 1.807) is 12.1 Å². The van der Waals surface area contributed by atoms with Gasteiger partial charge in [-0.15, -0.1) is 0 Å². The minimum atomic E-state index is -0.621. The van der Waals surface area contributed by atoms with E-state index in [-0.39, 0.29) is 5.82 Å². The van der Waals surface area contributed by atoms with Gasteiger partial charge < -0.3 is 10.1 Å². The van der Waals surface area contributed by atoms with E-state index in [9.17, 15) is 4.39 Å². The molecule has 0 saturated carbocycles. The smallest absolute Gasteiger partial charge is 0.142 e. The molecular weight excluding hydrogens is 385 g/mol. The minimum absolute atomic E-state index is 0.242. The molecule has 2 aliphatic rings. The number of ether oxygens (including phenoxy) is 1. The SMILES string of the molecule is Fc1ccc2c(c1)C(c1ccccc1)=C(c1ccccc1)C21COc2ccccc2N1. The summed E-state index contributed by atoms with van der Waals surface area (Å²) in [7, 11) is 0. The Balaban J connectivity index is 1.70. The molecule has 4 aromatic carbocycles. The maximum absolute atomic E-state index is 14.5. The van der Waals surface area contributed by atoms with Crippen molar-refractivity contribution in [1.82, 2.24) is 0 Å². The van der Waals surface area contributed by atoms with Gasteiger partial charge in [0.2, 0.25) is 0 Å². The highest BCUT2D eigenvalue weighted by Gasteiger charge is 2.49. The standard InChI is InChI=1S/C28H20FNO/c29-21-15-16-23-22(17-21)26(19-9-3-1-4-10-19)27(20-11-5-2-6-12-20)28(23)18-31-25-14-8-7-13-24(25)30-28/h1-17,30H,18H2. The van der Waals surface area contributed by atoms with E-state index in [1.165, 1.54) is 0 Å². The molecule has 2 nitrogen and oxygen atoms in total. The number of anilines is 1. The van der Waals surface area contributed by atoms with Gasteiger partial charge in [-0.1, -0.05) is 78.9 Å². The molecule has 3 heteroatoms. The summed E-state index contributed by atoms with van der Waals surface area (Å²) >= 11 is 0. The van der Waals surface area contributed by atoms with E-state index in [2.05, 4.69) is 29.6 Å². The second kappa shape index (κ2) is 6.85. The fourth-order valence-electron chi connectivity index (χ4n) is 4.91. The number of hydrogen-bond acceptors (Lipinski definition) is 2. The molecule has 1 aliphatic carbocycles. The van der Waals surface area contributed by atoms with Gasteiger partial charge in [0.05, 0.1) is 5.69 Å². The summed E-state index contributed by atoms with van der Waals surface area (Å²) in [6, 6.07) is 33.6. The molecule has 6 rings (SSSR count). The number of nitrogens with one attached hydrogen (secondary N) is 1. The van der Waals surface area contributed by atoms with Crippen LogP contribution in [0.1, 0.15) is 22.3 Å². The van der Waals surface area contributed by atoms with Crippen LogP contribution in [0, 0.1) is 5.82 Å². The van der Waals surface area contributed by atoms with Crippen molar-refractivity contribution in [3.05, 3.63) is 131 Å². The first-order valence-corrected chi connectivity index (χ1v) is 10.4. The zero-order chi connectivity index (χ0) is 20.8. The van der Waals surface area contributed by atoms with E-state index in [1.807, 2.05) is 66.7 Å². The number of fused-ring (bicyclic) bond motifs is 3. The molecule has 1 N–H and O–H groups in total. The van der Waals surface area contributed by atoms with Gasteiger partial charge in [0.25, 0.3) is 0 Å². The van der Waals surface area contributed by atoms with Crippen molar-refractivity contribution >= 4 is 16.8 Å². The van der Waals surface area contributed by atoms with Crippen molar-refractivity contribution in [1.29, 1.82) is 0 Å². The monoisotopic (exact) mass is 405 g/mol. The van der Waals surface area contributed by atoms with Crippen LogP contribution in [0.4, 0.5) is 10.1 Å². The van der Waals surface area contributed by atoms with E-state index < -0.39 is 5.54 Å². The van der Waals surface area contributed by atoms with Crippen molar-refractivity contribution < 1.29 is 9.13 Å². The fraction of sp³-hybridized carbons (Fsp3) is 0.0714. The predicted octanol–water partition coefficient (Wildman–Crippen LogP) is 6.50. The van der Waals surface area contributed by atoms with Crippen LogP contribution >= 0.6 is 0 Å². The lowest BCUT2D eigenvalue weighted by Crippen LogP contribution is -2.44. The molecule has 0 fully saturated rings. The maximum atomic E-state index is 14.5. The largest absolute Gasteiger partial charge is 0.488 e. The predicted molar refractivity (Wildman–Crippen MR) is 122 cm³/mol. The third-order valence-corrected chi connectivity index (χ3v) is 6.19. The lowest BCUT2D eigenvalue weighted by atomic mass is 9.81. The van der Waals surface area contributed by atoms with E-state index in [0.717, 1.165) is 44.8 Å². The van der Waals surface area contributed by atoms with Crippen molar-refractivity contribution in [2.24, 2.45) is 0 Å². The van der Waals surface area contributed by atoms with Gasteiger partial charge in [0.1, 0.15) is 23.7 Å². The van der Waals surface area contributed by atoms with E-state index in [0.29, 0.717) is 6.61 Å².